The number of Topliss-reactive ketones (excluding diaryl/α,β-unsaturated/α-hetero) is 1. The van der Waals surface area contributed by atoms with E-state index in [1.165, 1.54) is 7.23 Å². The summed E-state index contributed by atoms with van der Waals surface area (Å²) in [5.41, 5.74) is 1.81. The Morgan fingerprint density at radius 2 is 1.57 bits per heavy atom. The van der Waals surface area contributed by atoms with E-state index in [4.69, 9.17) is 9.47 Å². The molecule has 0 spiro atoms. The minimum atomic E-state index is -0.697. The minimum absolute atomic E-state index is 0.107. The van der Waals surface area contributed by atoms with Crippen molar-refractivity contribution >= 4 is 36.4 Å². The molecular formula is C26H26O3Te. The molecular weight excluding hydrogens is 488 g/mol. The molecule has 0 aromatic heterocycles. The van der Waals surface area contributed by atoms with Crippen molar-refractivity contribution in [2.75, 3.05) is 13.7 Å². The second-order valence-corrected chi connectivity index (χ2v) is 9.95. The number of benzene rings is 3. The monoisotopic (exact) mass is 516 g/mol. The standard InChI is InChI=1S/C26H26O3Te/c1-3-29-25(19-24(27)21-10-6-4-7-11-21)26(30-23-12-8-5-9-13-23)18-20-14-16-22(28-2)17-15-20/h4-18,25H,3,19H2,1-2H3/b26-18-. The Morgan fingerprint density at radius 3 is 2.17 bits per heavy atom. The van der Waals surface area contributed by atoms with Gasteiger partial charge in [0.1, 0.15) is 0 Å². The van der Waals surface area contributed by atoms with E-state index in [-0.39, 0.29) is 11.9 Å². The molecule has 0 saturated heterocycles. The van der Waals surface area contributed by atoms with Gasteiger partial charge in [-0.15, -0.1) is 0 Å². The van der Waals surface area contributed by atoms with Gasteiger partial charge < -0.3 is 0 Å². The number of carbonyl (C=O) groups is 1. The average Bonchev–Trinajstić information content (AvgIpc) is 2.80. The third-order valence-corrected chi connectivity index (χ3v) is 7.76. The van der Waals surface area contributed by atoms with Crippen LogP contribution in [0.25, 0.3) is 6.08 Å². The number of methoxy groups -OCH3 is 1. The Labute approximate surface area is 188 Å². The molecule has 3 rings (SSSR count). The van der Waals surface area contributed by atoms with Gasteiger partial charge in [-0.1, -0.05) is 0 Å². The Kier molecular flexibility index (Phi) is 8.71. The van der Waals surface area contributed by atoms with E-state index in [1.807, 2.05) is 67.6 Å². The van der Waals surface area contributed by atoms with Gasteiger partial charge in [0.15, 0.2) is 0 Å². The molecule has 0 aliphatic heterocycles. The van der Waals surface area contributed by atoms with E-state index in [2.05, 4.69) is 30.3 Å². The molecule has 1 atom stereocenters. The number of ketones is 1. The third-order valence-electron chi connectivity index (χ3n) is 4.56. The maximum absolute atomic E-state index is 12.9. The van der Waals surface area contributed by atoms with Crippen LogP contribution < -0.4 is 8.35 Å². The quantitative estimate of drug-likeness (QED) is 0.290. The molecule has 0 saturated carbocycles. The molecule has 0 heterocycles. The van der Waals surface area contributed by atoms with Gasteiger partial charge in [0, 0.05) is 0 Å². The van der Waals surface area contributed by atoms with E-state index in [0.29, 0.717) is 13.0 Å². The van der Waals surface area contributed by atoms with Crippen molar-refractivity contribution in [2.45, 2.75) is 19.4 Å². The Hall–Kier alpha value is -2.38. The molecule has 30 heavy (non-hydrogen) atoms. The van der Waals surface area contributed by atoms with Crippen molar-refractivity contribution in [1.82, 2.24) is 0 Å². The van der Waals surface area contributed by atoms with Gasteiger partial charge in [-0.25, -0.2) is 0 Å². The van der Waals surface area contributed by atoms with E-state index >= 15 is 0 Å². The molecule has 0 radical (unpaired) electrons. The first-order chi connectivity index (χ1) is 14.7. The fraction of sp³-hybridized carbons (Fsp3) is 0.192. The van der Waals surface area contributed by atoms with Crippen LogP contribution in [0.15, 0.2) is 88.6 Å². The van der Waals surface area contributed by atoms with Gasteiger partial charge in [0.2, 0.25) is 0 Å². The van der Waals surface area contributed by atoms with Crippen LogP contribution in [0.5, 0.6) is 5.75 Å². The molecule has 3 nitrogen and oxygen atoms in total. The Balaban J connectivity index is 1.91. The predicted molar refractivity (Wildman–Crippen MR) is 124 cm³/mol. The number of hydrogen-bond donors (Lipinski definition) is 0. The van der Waals surface area contributed by atoms with Crippen molar-refractivity contribution in [2.24, 2.45) is 0 Å². The summed E-state index contributed by atoms with van der Waals surface area (Å²) in [5.74, 6) is 0.934. The fourth-order valence-corrected chi connectivity index (χ4v) is 6.01. The third kappa shape index (κ3) is 6.57. The van der Waals surface area contributed by atoms with E-state index in [1.54, 1.807) is 7.11 Å². The summed E-state index contributed by atoms with van der Waals surface area (Å²) in [6, 6.07) is 27.9. The van der Waals surface area contributed by atoms with Gasteiger partial charge in [-0.05, 0) is 0 Å². The summed E-state index contributed by atoms with van der Waals surface area (Å²) < 4.78 is 13.9. The summed E-state index contributed by atoms with van der Waals surface area (Å²) in [6.45, 7) is 2.54. The zero-order valence-electron chi connectivity index (χ0n) is 17.3. The van der Waals surface area contributed by atoms with E-state index in [9.17, 15) is 4.79 Å². The number of hydrogen-bond acceptors (Lipinski definition) is 3. The summed E-state index contributed by atoms with van der Waals surface area (Å²) >= 11 is -0.697. The first kappa shape index (κ1) is 22.3. The predicted octanol–water partition coefficient (Wildman–Crippen LogP) is 4.74. The summed E-state index contributed by atoms with van der Waals surface area (Å²) in [5, 5.41) is 0. The molecule has 0 aliphatic carbocycles. The van der Waals surface area contributed by atoms with Crippen LogP contribution in [-0.4, -0.2) is 46.5 Å². The zero-order valence-corrected chi connectivity index (χ0v) is 19.6. The van der Waals surface area contributed by atoms with Crippen LogP contribution in [0, 0.1) is 0 Å². The normalized spacial score (nSPS) is 12.4. The molecule has 154 valence electrons. The van der Waals surface area contributed by atoms with Gasteiger partial charge in [0.25, 0.3) is 0 Å². The molecule has 0 bridgehead atoms. The topological polar surface area (TPSA) is 35.5 Å². The second kappa shape index (κ2) is 11.7. The van der Waals surface area contributed by atoms with Crippen LogP contribution in [0.3, 0.4) is 0 Å². The SMILES string of the molecule is CCOC(CC(=O)c1ccccc1)/C(=C/c1ccc(OC)cc1)[Te]c1ccccc1. The zero-order chi connectivity index (χ0) is 21.2. The molecule has 4 heteroatoms. The van der Waals surface area contributed by atoms with Crippen molar-refractivity contribution in [3.63, 3.8) is 0 Å². The molecule has 0 amide bonds. The van der Waals surface area contributed by atoms with Crippen molar-refractivity contribution in [3.8, 4) is 5.75 Å². The second-order valence-electron chi connectivity index (χ2n) is 6.67. The maximum atomic E-state index is 12.9. The fourth-order valence-electron chi connectivity index (χ4n) is 3.03. The molecule has 3 aromatic rings. The van der Waals surface area contributed by atoms with Crippen LogP contribution in [0.1, 0.15) is 29.3 Å². The van der Waals surface area contributed by atoms with Gasteiger partial charge in [-0.3, -0.25) is 0 Å². The molecule has 1 unspecified atom stereocenters. The van der Waals surface area contributed by atoms with Crippen LogP contribution in [-0.2, 0) is 4.74 Å². The van der Waals surface area contributed by atoms with Crippen LogP contribution in [0.4, 0.5) is 0 Å². The van der Waals surface area contributed by atoms with E-state index in [0.717, 1.165) is 16.9 Å². The van der Waals surface area contributed by atoms with Crippen molar-refractivity contribution in [1.29, 1.82) is 0 Å². The van der Waals surface area contributed by atoms with Gasteiger partial charge >= 0.3 is 189 Å². The number of ether oxygens (including phenoxy) is 2. The first-order valence-corrected chi connectivity index (χ1v) is 12.3. The number of rotatable bonds is 10. The Bertz CT molecular complexity index is 951. The van der Waals surface area contributed by atoms with Crippen LogP contribution >= 0.6 is 0 Å². The molecule has 3 aromatic carbocycles. The van der Waals surface area contributed by atoms with Crippen molar-refractivity contribution in [3.05, 3.63) is 99.7 Å². The molecule has 0 aliphatic rings. The van der Waals surface area contributed by atoms with E-state index < -0.39 is 20.9 Å². The first-order valence-electron chi connectivity index (χ1n) is 9.98. The number of carbonyl (C=O) groups excluding carboxylic acids is 1. The Morgan fingerprint density at radius 1 is 0.933 bits per heavy atom. The summed E-state index contributed by atoms with van der Waals surface area (Å²) in [6.07, 6.45) is 2.30. The summed E-state index contributed by atoms with van der Waals surface area (Å²) in [4.78, 5) is 12.9. The summed E-state index contributed by atoms with van der Waals surface area (Å²) in [7, 11) is 1.67. The molecule has 0 N–H and O–H groups in total. The van der Waals surface area contributed by atoms with Crippen LogP contribution in [0.2, 0.25) is 0 Å². The van der Waals surface area contributed by atoms with Gasteiger partial charge in [-0.2, -0.15) is 0 Å². The van der Waals surface area contributed by atoms with Crippen molar-refractivity contribution < 1.29 is 14.3 Å². The van der Waals surface area contributed by atoms with Gasteiger partial charge in [0.05, 0.1) is 0 Å². The molecule has 0 fully saturated rings. The average molecular weight is 514 g/mol.